The van der Waals surface area contributed by atoms with Gasteiger partial charge in [-0.2, -0.15) is 13.2 Å². The fourth-order valence-electron chi connectivity index (χ4n) is 3.60. The maximum atomic E-state index is 12.6. The molecule has 3 saturated heterocycles. The second-order valence-corrected chi connectivity index (χ2v) is 6.68. The number of hydrogen-bond donors (Lipinski definition) is 0. The van der Waals surface area contributed by atoms with Crippen LogP contribution in [-0.4, -0.2) is 58.5 Å². The molecule has 4 rings (SSSR count). The molecule has 3 fully saturated rings. The smallest absolute Gasteiger partial charge is 0.338 e. The number of hydrogen-bond acceptors (Lipinski definition) is 3. The van der Waals surface area contributed by atoms with Crippen LogP contribution >= 0.6 is 0 Å². The van der Waals surface area contributed by atoms with Crippen molar-refractivity contribution in [2.24, 2.45) is 5.92 Å². The van der Waals surface area contributed by atoms with E-state index in [1.165, 1.54) is 0 Å². The summed E-state index contributed by atoms with van der Waals surface area (Å²) in [5.74, 6) is -0.567. The molecule has 136 valence electrons. The minimum atomic E-state index is -4.33. The van der Waals surface area contributed by atoms with Gasteiger partial charge in [-0.15, -0.1) is 0 Å². The Balaban J connectivity index is 1.68. The largest absolute Gasteiger partial charge is 0.389 e. The van der Waals surface area contributed by atoms with Crippen LogP contribution in [0.15, 0.2) is 24.4 Å². The normalized spacial score (nSPS) is 23.5. The van der Waals surface area contributed by atoms with Gasteiger partial charge in [0.1, 0.15) is 5.69 Å². The van der Waals surface area contributed by atoms with Crippen molar-refractivity contribution in [3.05, 3.63) is 30.1 Å². The molecule has 5 nitrogen and oxygen atoms in total. The van der Waals surface area contributed by atoms with E-state index < -0.39 is 24.9 Å². The second kappa shape index (κ2) is 7.01. The van der Waals surface area contributed by atoms with Crippen LogP contribution in [0.2, 0.25) is 0 Å². The number of carbonyl (C=O) groups excluding carboxylic acids is 2. The Morgan fingerprint density at radius 2 is 1.96 bits per heavy atom. The molecule has 8 heteroatoms. The topological polar surface area (TPSA) is 53.5 Å². The minimum absolute atomic E-state index is 0.0984. The minimum Gasteiger partial charge on any atom is -0.338 e. The fourth-order valence-corrected chi connectivity index (χ4v) is 3.60. The summed E-state index contributed by atoms with van der Waals surface area (Å²) in [7, 11) is 0. The van der Waals surface area contributed by atoms with Gasteiger partial charge in [-0.25, -0.2) is 0 Å². The van der Waals surface area contributed by atoms with Crippen LogP contribution in [0, 0.1) is 5.92 Å². The monoisotopic (exact) mass is 355 g/mol. The van der Waals surface area contributed by atoms with E-state index >= 15 is 0 Å². The van der Waals surface area contributed by atoms with Crippen molar-refractivity contribution < 1.29 is 22.8 Å². The predicted octanol–water partition coefficient (Wildman–Crippen LogP) is 2.49. The van der Waals surface area contributed by atoms with Crippen LogP contribution in [0.4, 0.5) is 13.2 Å². The van der Waals surface area contributed by atoms with Crippen LogP contribution in [0.5, 0.6) is 0 Å². The Labute approximate surface area is 143 Å². The van der Waals surface area contributed by atoms with E-state index in [1.807, 2.05) is 0 Å². The highest BCUT2D eigenvalue weighted by molar-refractivity contribution is 5.92. The standard InChI is InChI=1S/C17H20F3N3O2/c18-17(19,20)7-6-15(24)23-10-12-4-5-13(23)11-22(9-12)16(25)14-3-1-2-8-21-14/h1-3,8,12-13H,4-7,9-11H2/t12-,13+/m1/s1. The van der Waals surface area contributed by atoms with E-state index in [0.717, 1.165) is 6.42 Å². The van der Waals surface area contributed by atoms with Crippen LogP contribution in [0.3, 0.4) is 0 Å². The first-order chi connectivity index (χ1) is 11.8. The number of aromatic nitrogens is 1. The first kappa shape index (κ1) is 17.7. The number of halogens is 3. The molecule has 3 aliphatic heterocycles. The van der Waals surface area contributed by atoms with Gasteiger partial charge in [0.2, 0.25) is 5.91 Å². The molecular formula is C17H20F3N3O2. The quantitative estimate of drug-likeness (QED) is 0.837. The summed E-state index contributed by atoms with van der Waals surface area (Å²) in [6.07, 6.45) is -2.82. The third kappa shape index (κ3) is 4.29. The number of amides is 2. The first-order valence-electron chi connectivity index (χ1n) is 8.40. The molecule has 0 saturated carbocycles. The van der Waals surface area contributed by atoms with Gasteiger partial charge in [0.25, 0.3) is 5.91 Å². The van der Waals surface area contributed by atoms with Gasteiger partial charge >= 0.3 is 6.18 Å². The molecule has 0 aromatic carbocycles. The molecule has 4 heterocycles. The van der Waals surface area contributed by atoms with Crippen molar-refractivity contribution in [3.8, 4) is 0 Å². The number of fused-ring (bicyclic) bond motifs is 4. The van der Waals surface area contributed by atoms with Gasteiger partial charge in [-0.3, -0.25) is 14.6 Å². The lowest BCUT2D eigenvalue weighted by Crippen LogP contribution is -2.47. The molecular weight excluding hydrogens is 335 g/mol. The average Bonchev–Trinajstić information content (AvgIpc) is 2.91. The molecule has 1 aromatic heterocycles. The summed E-state index contributed by atoms with van der Waals surface area (Å²) in [6.45, 7) is 1.28. The summed E-state index contributed by atoms with van der Waals surface area (Å²) in [5.41, 5.74) is 0.346. The molecule has 1 aromatic rings. The van der Waals surface area contributed by atoms with Gasteiger partial charge in [0.05, 0.1) is 6.42 Å². The average molecular weight is 355 g/mol. The van der Waals surface area contributed by atoms with Crippen LogP contribution in [0.25, 0.3) is 0 Å². The zero-order chi connectivity index (χ0) is 18.0. The first-order valence-corrected chi connectivity index (χ1v) is 8.40. The van der Waals surface area contributed by atoms with Gasteiger partial charge in [-0.1, -0.05) is 6.07 Å². The van der Waals surface area contributed by atoms with Crippen LogP contribution in [0.1, 0.15) is 36.2 Å². The van der Waals surface area contributed by atoms with E-state index in [-0.39, 0.29) is 17.9 Å². The van der Waals surface area contributed by atoms with Crippen molar-refractivity contribution in [3.63, 3.8) is 0 Å². The SMILES string of the molecule is O=C(c1ccccn1)N1C[C@H]2CC[C@@H](C1)N(C(=O)CCC(F)(F)F)C2. The Morgan fingerprint density at radius 3 is 2.64 bits per heavy atom. The van der Waals surface area contributed by atoms with Crippen LogP contribution < -0.4 is 0 Å². The molecule has 2 amide bonds. The highest BCUT2D eigenvalue weighted by Gasteiger charge is 2.39. The predicted molar refractivity (Wildman–Crippen MR) is 83.7 cm³/mol. The zero-order valence-corrected chi connectivity index (χ0v) is 13.7. The number of piperidine rings is 1. The lowest BCUT2D eigenvalue weighted by Gasteiger charge is -2.36. The van der Waals surface area contributed by atoms with Gasteiger partial charge in [0, 0.05) is 38.3 Å². The Hall–Kier alpha value is -2.12. The third-order valence-electron chi connectivity index (χ3n) is 4.83. The number of rotatable bonds is 3. The fraction of sp³-hybridized carbons (Fsp3) is 0.588. The Kier molecular flexibility index (Phi) is 4.96. The summed E-state index contributed by atoms with van der Waals surface area (Å²) in [5, 5.41) is 0. The number of alkyl halides is 3. The maximum absolute atomic E-state index is 12.6. The summed E-state index contributed by atoms with van der Waals surface area (Å²) in [6, 6.07) is 4.89. The molecule has 2 atom stereocenters. The number of nitrogens with zero attached hydrogens (tertiary/aromatic N) is 3. The van der Waals surface area contributed by atoms with Crippen molar-refractivity contribution in [2.75, 3.05) is 19.6 Å². The van der Waals surface area contributed by atoms with E-state index in [4.69, 9.17) is 0 Å². The number of carbonyl (C=O) groups is 2. The van der Waals surface area contributed by atoms with E-state index in [2.05, 4.69) is 4.98 Å². The van der Waals surface area contributed by atoms with Crippen molar-refractivity contribution in [1.29, 1.82) is 0 Å². The molecule has 0 spiro atoms. The molecule has 0 unspecified atom stereocenters. The Bertz CT molecular complexity index is 636. The molecule has 25 heavy (non-hydrogen) atoms. The second-order valence-electron chi connectivity index (χ2n) is 6.68. The molecule has 3 aliphatic rings. The Morgan fingerprint density at radius 1 is 1.16 bits per heavy atom. The zero-order valence-electron chi connectivity index (χ0n) is 13.7. The van der Waals surface area contributed by atoms with Crippen molar-refractivity contribution in [1.82, 2.24) is 14.8 Å². The van der Waals surface area contributed by atoms with E-state index in [1.54, 1.807) is 34.2 Å². The van der Waals surface area contributed by atoms with Crippen molar-refractivity contribution in [2.45, 2.75) is 37.9 Å². The van der Waals surface area contributed by atoms with Gasteiger partial charge in [0.15, 0.2) is 0 Å². The van der Waals surface area contributed by atoms with Gasteiger partial charge in [-0.05, 0) is 30.9 Å². The lowest BCUT2D eigenvalue weighted by atomic mass is 9.94. The molecule has 0 N–H and O–H groups in total. The van der Waals surface area contributed by atoms with E-state index in [9.17, 15) is 22.8 Å². The molecule has 2 bridgehead atoms. The van der Waals surface area contributed by atoms with E-state index in [0.29, 0.717) is 31.7 Å². The third-order valence-corrected chi connectivity index (χ3v) is 4.83. The highest BCUT2D eigenvalue weighted by atomic mass is 19.4. The number of pyridine rings is 1. The van der Waals surface area contributed by atoms with Crippen molar-refractivity contribution >= 4 is 11.8 Å². The van der Waals surface area contributed by atoms with Crippen LogP contribution in [-0.2, 0) is 4.79 Å². The maximum Gasteiger partial charge on any atom is 0.389 e. The molecule has 0 radical (unpaired) electrons. The summed E-state index contributed by atoms with van der Waals surface area (Å²) >= 11 is 0. The summed E-state index contributed by atoms with van der Waals surface area (Å²) < 4.78 is 37.1. The highest BCUT2D eigenvalue weighted by Crippen LogP contribution is 2.30. The van der Waals surface area contributed by atoms with Gasteiger partial charge < -0.3 is 9.80 Å². The lowest BCUT2D eigenvalue weighted by molar-refractivity contribution is -0.151. The molecule has 0 aliphatic carbocycles. The summed E-state index contributed by atoms with van der Waals surface area (Å²) in [4.78, 5) is 32.2.